The number of carbonyl (C=O) groups excluding carboxylic acids is 1. The molecule has 1 aliphatic heterocycles. The standard InChI is InChI=1S/C18H12F3NO2/c1-11-6-2-4-8-13(11)16-22-15(17(23)24-16)10-12-7-3-5-9-14(12)18(19,20)21/h2-10H,1H3. The first-order valence-electron chi connectivity index (χ1n) is 7.11. The molecule has 0 radical (unpaired) electrons. The highest BCUT2D eigenvalue weighted by atomic mass is 19.4. The number of hydrogen-bond acceptors (Lipinski definition) is 3. The summed E-state index contributed by atoms with van der Waals surface area (Å²) in [6, 6.07) is 12.1. The Hall–Kier alpha value is -2.89. The van der Waals surface area contributed by atoms with E-state index in [-0.39, 0.29) is 17.2 Å². The van der Waals surface area contributed by atoms with Crippen LogP contribution in [0.5, 0.6) is 0 Å². The number of hydrogen-bond donors (Lipinski definition) is 0. The molecule has 3 rings (SSSR count). The minimum Gasteiger partial charge on any atom is -0.402 e. The largest absolute Gasteiger partial charge is 0.416 e. The molecule has 0 fully saturated rings. The third-order valence-electron chi connectivity index (χ3n) is 3.55. The number of cyclic esters (lactones) is 1. The fraction of sp³-hybridized carbons (Fsp3) is 0.111. The SMILES string of the molecule is Cc1ccccc1C1=NC(=Cc2ccccc2C(F)(F)F)C(=O)O1. The highest BCUT2D eigenvalue weighted by Crippen LogP contribution is 2.33. The van der Waals surface area contributed by atoms with E-state index in [1.807, 2.05) is 19.1 Å². The summed E-state index contributed by atoms with van der Waals surface area (Å²) in [5, 5.41) is 0. The van der Waals surface area contributed by atoms with E-state index in [0.717, 1.165) is 17.7 Å². The Morgan fingerprint density at radius 2 is 1.71 bits per heavy atom. The van der Waals surface area contributed by atoms with Crippen molar-refractivity contribution in [2.45, 2.75) is 13.1 Å². The van der Waals surface area contributed by atoms with Crippen molar-refractivity contribution in [2.24, 2.45) is 4.99 Å². The Morgan fingerprint density at radius 1 is 1.04 bits per heavy atom. The summed E-state index contributed by atoms with van der Waals surface area (Å²) in [6.07, 6.45) is -3.42. The number of carbonyl (C=O) groups is 1. The summed E-state index contributed by atoms with van der Waals surface area (Å²) in [7, 11) is 0. The number of nitrogens with zero attached hydrogens (tertiary/aromatic N) is 1. The Kier molecular flexibility index (Phi) is 3.97. The number of benzene rings is 2. The maximum absolute atomic E-state index is 13.0. The van der Waals surface area contributed by atoms with Crippen molar-refractivity contribution in [3.8, 4) is 0 Å². The molecule has 0 unspecified atom stereocenters. The summed E-state index contributed by atoms with van der Waals surface area (Å²) in [4.78, 5) is 16.0. The van der Waals surface area contributed by atoms with E-state index in [2.05, 4.69) is 4.99 Å². The molecule has 0 spiro atoms. The molecular formula is C18H12F3NO2. The van der Waals surface area contributed by atoms with Crippen LogP contribution in [0, 0.1) is 6.92 Å². The molecule has 0 atom stereocenters. The quantitative estimate of drug-likeness (QED) is 0.606. The van der Waals surface area contributed by atoms with Crippen molar-refractivity contribution in [3.63, 3.8) is 0 Å². The van der Waals surface area contributed by atoms with Gasteiger partial charge in [0, 0.05) is 5.56 Å². The van der Waals surface area contributed by atoms with E-state index in [0.29, 0.717) is 5.56 Å². The predicted molar refractivity (Wildman–Crippen MR) is 83.2 cm³/mol. The molecule has 1 heterocycles. The second-order valence-corrected chi connectivity index (χ2v) is 5.24. The Balaban J connectivity index is 2.03. The molecular weight excluding hydrogens is 319 g/mol. The Labute approximate surface area is 136 Å². The van der Waals surface area contributed by atoms with E-state index in [9.17, 15) is 18.0 Å². The van der Waals surface area contributed by atoms with Gasteiger partial charge in [-0.2, -0.15) is 13.2 Å². The van der Waals surface area contributed by atoms with E-state index >= 15 is 0 Å². The lowest BCUT2D eigenvalue weighted by Gasteiger charge is -2.09. The monoisotopic (exact) mass is 331 g/mol. The number of ether oxygens (including phenoxy) is 1. The molecule has 1 aliphatic rings. The lowest BCUT2D eigenvalue weighted by Crippen LogP contribution is -2.08. The number of alkyl halides is 3. The lowest BCUT2D eigenvalue weighted by atomic mass is 10.1. The third kappa shape index (κ3) is 3.08. The predicted octanol–water partition coefficient (Wildman–Crippen LogP) is 4.36. The maximum Gasteiger partial charge on any atom is 0.416 e. The first-order chi connectivity index (χ1) is 11.4. The van der Waals surface area contributed by atoms with Crippen LogP contribution in [0.3, 0.4) is 0 Å². The molecule has 24 heavy (non-hydrogen) atoms. The summed E-state index contributed by atoms with van der Waals surface area (Å²) >= 11 is 0. The van der Waals surface area contributed by atoms with Crippen LogP contribution in [0.4, 0.5) is 13.2 Å². The molecule has 0 saturated carbocycles. The molecule has 0 amide bonds. The van der Waals surface area contributed by atoms with E-state index in [1.54, 1.807) is 12.1 Å². The van der Waals surface area contributed by atoms with E-state index < -0.39 is 17.7 Å². The normalized spacial score (nSPS) is 16.2. The van der Waals surface area contributed by atoms with Crippen LogP contribution in [0.1, 0.15) is 22.3 Å². The van der Waals surface area contributed by atoms with E-state index in [4.69, 9.17) is 4.74 Å². The van der Waals surface area contributed by atoms with Gasteiger partial charge in [0.1, 0.15) is 0 Å². The Morgan fingerprint density at radius 3 is 2.42 bits per heavy atom. The van der Waals surface area contributed by atoms with Gasteiger partial charge in [0.05, 0.1) is 5.56 Å². The highest BCUT2D eigenvalue weighted by Gasteiger charge is 2.33. The van der Waals surface area contributed by atoms with Crippen LogP contribution < -0.4 is 0 Å². The second-order valence-electron chi connectivity index (χ2n) is 5.24. The summed E-state index contributed by atoms with van der Waals surface area (Å²) < 4.78 is 44.2. The zero-order valence-corrected chi connectivity index (χ0v) is 12.6. The van der Waals surface area contributed by atoms with Crippen LogP contribution in [-0.2, 0) is 15.7 Å². The van der Waals surface area contributed by atoms with E-state index in [1.165, 1.54) is 18.2 Å². The summed E-state index contributed by atoms with van der Waals surface area (Å²) in [6.45, 7) is 1.83. The van der Waals surface area contributed by atoms with Gasteiger partial charge in [-0.1, -0.05) is 36.4 Å². The van der Waals surface area contributed by atoms with Crippen LogP contribution >= 0.6 is 0 Å². The second kappa shape index (κ2) is 5.96. The number of halogens is 3. The van der Waals surface area contributed by atoms with Crippen LogP contribution in [0.2, 0.25) is 0 Å². The Bertz CT molecular complexity index is 867. The van der Waals surface area contributed by atoms with Crippen LogP contribution in [0.25, 0.3) is 6.08 Å². The van der Waals surface area contributed by atoms with Gasteiger partial charge in [0.15, 0.2) is 5.70 Å². The minimum absolute atomic E-state index is 0.0915. The molecule has 0 bridgehead atoms. The fourth-order valence-corrected chi connectivity index (χ4v) is 2.37. The van der Waals surface area contributed by atoms with Crippen LogP contribution in [0.15, 0.2) is 59.2 Å². The summed E-state index contributed by atoms with van der Waals surface area (Å²) in [5.74, 6) is -0.681. The van der Waals surface area contributed by atoms with Crippen molar-refractivity contribution in [2.75, 3.05) is 0 Å². The van der Waals surface area contributed by atoms with Gasteiger partial charge in [-0.05, 0) is 36.3 Å². The molecule has 2 aromatic rings. The van der Waals surface area contributed by atoms with Crippen molar-refractivity contribution in [1.82, 2.24) is 0 Å². The fourth-order valence-electron chi connectivity index (χ4n) is 2.37. The smallest absolute Gasteiger partial charge is 0.402 e. The number of aliphatic imine (C=N–C) groups is 1. The zero-order valence-electron chi connectivity index (χ0n) is 12.6. The van der Waals surface area contributed by atoms with Gasteiger partial charge < -0.3 is 4.74 Å². The average Bonchev–Trinajstić information content (AvgIpc) is 2.88. The zero-order chi connectivity index (χ0) is 17.3. The number of aryl methyl sites for hydroxylation is 1. The van der Waals surface area contributed by atoms with Gasteiger partial charge in [-0.3, -0.25) is 0 Å². The molecule has 3 nitrogen and oxygen atoms in total. The van der Waals surface area contributed by atoms with Crippen LogP contribution in [-0.4, -0.2) is 11.9 Å². The molecule has 6 heteroatoms. The minimum atomic E-state index is -4.52. The molecule has 0 aliphatic carbocycles. The molecule has 0 N–H and O–H groups in total. The third-order valence-corrected chi connectivity index (χ3v) is 3.55. The van der Waals surface area contributed by atoms with Crippen molar-refractivity contribution in [1.29, 1.82) is 0 Å². The number of rotatable bonds is 2. The first kappa shape index (κ1) is 16.0. The van der Waals surface area contributed by atoms with Gasteiger partial charge >= 0.3 is 12.1 Å². The van der Waals surface area contributed by atoms with Gasteiger partial charge in [0.25, 0.3) is 0 Å². The number of esters is 1. The van der Waals surface area contributed by atoms with Crippen molar-refractivity contribution >= 4 is 17.9 Å². The maximum atomic E-state index is 13.0. The van der Waals surface area contributed by atoms with Crippen molar-refractivity contribution < 1.29 is 22.7 Å². The molecule has 2 aromatic carbocycles. The topological polar surface area (TPSA) is 38.7 Å². The first-order valence-corrected chi connectivity index (χ1v) is 7.11. The molecule has 0 aromatic heterocycles. The summed E-state index contributed by atoms with van der Waals surface area (Å²) in [5.41, 5.74) is 0.348. The molecule has 0 saturated heterocycles. The lowest BCUT2D eigenvalue weighted by molar-refractivity contribution is -0.137. The van der Waals surface area contributed by atoms with Gasteiger partial charge in [-0.15, -0.1) is 0 Å². The van der Waals surface area contributed by atoms with Gasteiger partial charge in [-0.25, -0.2) is 9.79 Å². The van der Waals surface area contributed by atoms with Gasteiger partial charge in [0.2, 0.25) is 5.90 Å². The van der Waals surface area contributed by atoms with Crippen molar-refractivity contribution in [3.05, 3.63) is 76.5 Å². The molecule has 122 valence electrons. The highest BCUT2D eigenvalue weighted by molar-refractivity contribution is 6.13. The average molecular weight is 331 g/mol.